The molecule has 0 N–H and O–H groups in total. The average Bonchev–Trinajstić information content (AvgIpc) is 2.39. The van der Waals surface area contributed by atoms with E-state index in [9.17, 15) is 4.91 Å². The molecule has 0 radical (unpaired) electrons. The number of hydrogen-bond donors (Lipinski definition) is 0. The van der Waals surface area contributed by atoms with E-state index in [4.69, 9.17) is 0 Å². The van der Waals surface area contributed by atoms with Gasteiger partial charge in [-0.3, -0.25) is 0 Å². The number of anilines is 1. The summed E-state index contributed by atoms with van der Waals surface area (Å²) in [4.78, 5) is 15.0. The van der Waals surface area contributed by atoms with Crippen molar-refractivity contribution in [3.05, 3.63) is 29.2 Å². The normalized spacial score (nSPS) is 20.6. The second kappa shape index (κ2) is 5.27. The second-order valence-electron chi connectivity index (χ2n) is 4.81. The molecule has 0 bridgehead atoms. The van der Waals surface area contributed by atoms with Crippen molar-refractivity contribution < 1.29 is 0 Å². The maximum absolute atomic E-state index is 10.4. The Morgan fingerprint density at radius 3 is 2.59 bits per heavy atom. The molecule has 1 fully saturated rings. The summed E-state index contributed by atoms with van der Waals surface area (Å²) in [6.07, 6.45) is 2.48. The molecule has 0 saturated carbocycles. The Morgan fingerprint density at radius 2 is 2.00 bits per heavy atom. The molecular formula is C13H19N3O. The molecule has 0 aromatic heterocycles. The van der Waals surface area contributed by atoms with E-state index in [1.165, 1.54) is 18.5 Å². The summed E-state index contributed by atoms with van der Waals surface area (Å²) in [6.45, 7) is 2.15. The quantitative estimate of drug-likeness (QED) is 0.753. The summed E-state index contributed by atoms with van der Waals surface area (Å²) in [5.41, 5.74) is 1.68. The molecular weight excluding hydrogens is 214 g/mol. The molecule has 0 aliphatic carbocycles. The molecule has 4 heteroatoms. The van der Waals surface area contributed by atoms with Crippen molar-refractivity contribution in [2.75, 3.05) is 32.1 Å². The minimum Gasteiger partial charge on any atom is -0.370 e. The highest BCUT2D eigenvalue weighted by Crippen LogP contribution is 2.24. The number of nitrogens with zero attached hydrogens (tertiary/aromatic N) is 3. The second-order valence-corrected chi connectivity index (χ2v) is 4.81. The van der Waals surface area contributed by atoms with Crippen molar-refractivity contribution in [3.8, 4) is 0 Å². The van der Waals surface area contributed by atoms with Crippen LogP contribution in [0.15, 0.2) is 29.4 Å². The van der Waals surface area contributed by atoms with E-state index in [1.54, 1.807) is 12.1 Å². The van der Waals surface area contributed by atoms with Crippen molar-refractivity contribution in [2.24, 2.45) is 5.18 Å². The number of piperidine rings is 1. The maximum Gasteiger partial charge on any atom is 0.108 e. The summed E-state index contributed by atoms with van der Waals surface area (Å²) in [5, 5.41) is 2.92. The van der Waals surface area contributed by atoms with E-state index in [-0.39, 0.29) is 0 Å². The Morgan fingerprint density at radius 1 is 1.29 bits per heavy atom. The van der Waals surface area contributed by atoms with Gasteiger partial charge >= 0.3 is 0 Å². The first-order valence-electron chi connectivity index (χ1n) is 6.05. The van der Waals surface area contributed by atoms with Crippen LogP contribution in [-0.2, 0) is 0 Å². The van der Waals surface area contributed by atoms with Crippen LogP contribution >= 0.6 is 0 Å². The Bertz CT molecular complexity index is 375. The van der Waals surface area contributed by atoms with Gasteiger partial charge in [0.25, 0.3) is 0 Å². The van der Waals surface area contributed by atoms with Gasteiger partial charge in [0, 0.05) is 24.8 Å². The van der Waals surface area contributed by atoms with E-state index < -0.39 is 0 Å². The average molecular weight is 233 g/mol. The lowest BCUT2D eigenvalue weighted by molar-refractivity contribution is 0.258. The highest BCUT2D eigenvalue weighted by atomic mass is 16.3. The van der Waals surface area contributed by atoms with Gasteiger partial charge in [0.15, 0.2) is 0 Å². The fraction of sp³-hybridized carbons (Fsp3) is 0.538. The van der Waals surface area contributed by atoms with Gasteiger partial charge in [-0.2, -0.15) is 0 Å². The first-order valence-corrected chi connectivity index (χ1v) is 6.05. The lowest BCUT2D eigenvalue weighted by Gasteiger charge is -2.37. The monoisotopic (exact) mass is 233 g/mol. The molecule has 1 heterocycles. The molecule has 0 amide bonds. The molecule has 1 unspecified atom stereocenters. The molecule has 1 aliphatic rings. The van der Waals surface area contributed by atoms with Crippen molar-refractivity contribution in [1.82, 2.24) is 4.90 Å². The fourth-order valence-electron chi connectivity index (χ4n) is 2.34. The van der Waals surface area contributed by atoms with Crippen molar-refractivity contribution in [2.45, 2.75) is 18.9 Å². The predicted octanol–water partition coefficient (Wildman–Crippen LogP) is 2.61. The van der Waals surface area contributed by atoms with Crippen LogP contribution in [0.4, 0.5) is 11.4 Å². The lowest BCUT2D eigenvalue weighted by Crippen LogP contribution is -2.45. The van der Waals surface area contributed by atoms with Gasteiger partial charge in [-0.1, -0.05) is 0 Å². The fourth-order valence-corrected chi connectivity index (χ4v) is 2.34. The standard InChI is InChI=1S/C13H19N3O/c1-15(2)13-4-3-9-16(10-13)12-7-5-11(14-17)6-8-12/h5-8,13H,3-4,9-10H2,1-2H3. The van der Waals surface area contributed by atoms with Gasteiger partial charge in [-0.25, -0.2) is 0 Å². The zero-order valence-corrected chi connectivity index (χ0v) is 10.5. The first-order chi connectivity index (χ1) is 8.20. The van der Waals surface area contributed by atoms with Crippen LogP contribution in [0.2, 0.25) is 0 Å². The third-order valence-corrected chi connectivity index (χ3v) is 3.45. The lowest BCUT2D eigenvalue weighted by atomic mass is 10.0. The Balaban J connectivity index is 2.07. The molecule has 1 aromatic rings. The molecule has 0 spiro atoms. The van der Waals surface area contributed by atoms with Gasteiger partial charge in [0.05, 0.1) is 0 Å². The van der Waals surface area contributed by atoms with Crippen molar-refractivity contribution >= 4 is 11.4 Å². The van der Waals surface area contributed by atoms with Crippen LogP contribution in [0.1, 0.15) is 12.8 Å². The Kier molecular flexibility index (Phi) is 3.74. The third kappa shape index (κ3) is 2.82. The molecule has 1 aromatic carbocycles. The van der Waals surface area contributed by atoms with Gasteiger partial charge in [0.1, 0.15) is 5.69 Å². The molecule has 1 atom stereocenters. The van der Waals surface area contributed by atoms with E-state index in [0.29, 0.717) is 11.7 Å². The molecule has 2 rings (SSSR count). The molecule has 92 valence electrons. The van der Waals surface area contributed by atoms with Crippen LogP contribution in [0.5, 0.6) is 0 Å². The van der Waals surface area contributed by atoms with E-state index >= 15 is 0 Å². The Hall–Kier alpha value is -1.42. The molecule has 4 nitrogen and oxygen atoms in total. The van der Waals surface area contributed by atoms with Crippen LogP contribution in [0.25, 0.3) is 0 Å². The number of nitroso groups, excluding NO2 is 1. The zero-order valence-electron chi connectivity index (χ0n) is 10.5. The molecule has 1 aliphatic heterocycles. The highest BCUT2D eigenvalue weighted by molar-refractivity contribution is 5.53. The van der Waals surface area contributed by atoms with Gasteiger partial charge in [-0.15, -0.1) is 4.91 Å². The first kappa shape index (κ1) is 12.0. The van der Waals surface area contributed by atoms with Crippen LogP contribution < -0.4 is 4.90 Å². The van der Waals surface area contributed by atoms with Crippen LogP contribution in [-0.4, -0.2) is 38.1 Å². The number of benzene rings is 1. The van der Waals surface area contributed by atoms with Gasteiger partial charge in [0.2, 0.25) is 0 Å². The van der Waals surface area contributed by atoms with Crippen molar-refractivity contribution in [3.63, 3.8) is 0 Å². The summed E-state index contributed by atoms with van der Waals surface area (Å²) >= 11 is 0. The smallest absolute Gasteiger partial charge is 0.108 e. The van der Waals surface area contributed by atoms with E-state index in [0.717, 1.165) is 13.1 Å². The zero-order chi connectivity index (χ0) is 12.3. The molecule has 1 saturated heterocycles. The summed E-state index contributed by atoms with van der Waals surface area (Å²) in [5.74, 6) is 0. The summed E-state index contributed by atoms with van der Waals surface area (Å²) in [7, 11) is 4.27. The maximum atomic E-state index is 10.4. The number of rotatable bonds is 3. The topological polar surface area (TPSA) is 35.9 Å². The predicted molar refractivity (Wildman–Crippen MR) is 70.8 cm³/mol. The SMILES string of the molecule is CN(C)C1CCCN(c2ccc(N=O)cc2)C1. The number of hydrogen-bond acceptors (Lipinski definition) is 4. The Labute approximate surface area is 102 Å². The summed E-state index contributed by atoms with van der Waals surface area (Å²) < 4.78 is 0. The van der Waals surface area contributed by atoms with E-state index in [1.807, 2.05) is 12.1 Å². The minimum absolute atomic E-state index is 0.495. The largest absolute Gasteiger partial charge is 0.370 e. The van der Waals surface area contributed by atoms with Crippen LogP contribution in [0, 0.1) is 4.91 Å². The van der Waals surface area contributed by atoms with Gasteiger partial charge in [-0.05, 0) is 56.4 Å². The van der Waals surface area contributed by atoms with Crippen LogP contribution in [0.3, 0.4) is 0 Å². The highest BCUT2D eigenvalue weighted by Gasteiger charge is 2.21. The number of likely N-dealkylation sites (N-methyl/N-ethyl adjacent to an activating group) is 1. The minimum atomic E-state index is 0.495. The van der Waals surface area contributed by atoms with E-state index in [2.05, 4.69) is 29.1 Å². The molecule has 17 heavy (non-hydrogen) atoms. The van der Waals surface area contributed by atoms with Crippen molar-refractivity contribution in [1.29, 1.82) is 0 Å². The summed E-state index contributed by atoms with van der Waals surface area (Å²) in [6, 6.07) is 8.14. The third-order valence-electron chi connectivity index (χ3n) is 3.45. The van der Waals surface area contributed by atoms with Gasteiger partial charge < -0.3 is 9.80 Å².